The van der Waals surface area contributed by atoms with Crippen molar-refractivity contribution in [3.63, 3.8) is 0 Å². The Balaban J connectivity index is 1.75. The first-order valence-electron chi connectivity index (χ1n) is 8.79. The lowest BCUT2D eigenvalue weighted by Gasteiger charge is -2.19. The number of hydrogen-bond acceptors (Lipinski definition) is 4. The molecule has 6 heteroatoms. The first-order valence-corrected chi connectivity index (χ1v) is 9.77. The quantitative estimate of drug-likeness (QED) is 0.817. The number of para-hydroxylation sites is 1. The molecule has 2 aromatic carbocycles. The van der Waals surface area contributed by atoms with Crippen LogP contribution in [0.3, 0.4) is 0 Å². The zero-order chi connectivity index (χ0) is 19.2. The number of anilines is 1. The van der Waals surface area contributed by atoms with Crippen LogP contribution >= 0.6 is 11.8 Å². The van der Waals surface area contributed by atoms with Gasteiger partial charge < -0.3 is 15.4 Å². The molecule has 5 nitrogen and oxygen atoms in total. The molecule has 0 bridgehead atoms. The fourth-order valence-electron chi connectivity index (χ4n) is 2.80. The van der Waals surface area contributed by atoms with Crippen LogP contribution in [0.5, 0.6) is 0 Å². The van der Waals surface area contributed by atoms with Crippen LogP contribution < -0.4 is 10.6 Å². The average molecular weight is 382 g/mol. The van der Waals surface area contributed by atoms with Gasteiger partial charge in [-0.05, 0) is 31.5 Å². The number of carbonyl (C=O) groups is 2. The first kappa shape index (κ1) is 19.0. The molecule has 1 aliphatic heterocycles. The topological polar surface area (TPSA) is 67.4 Å². The van der Waals surface area contributed by atoms with E-state index in [1.165, 1.54) is 11.8 Å². The van der Waals surface area contributed by atoms with Crippen LogP contribution in [-0.4, -0.2) is 24.2 Å². The van der Waals surface area contributed by atoms with Crippen LogP contribution in [0.4, 0.5) is 5.69 Å². The van der Waals surface area contributed by atoms with Crippen LogP contribution in [0.25, 0.3) is 0 Å². The molecule has 0 fully saturated rings. The molecule has 2 aromatic rings. The number of allylic oxidation sites excluding steroid dienone is 1. The number of nitrogens with one attached hydrogen (secondary N) is 2. The molecule has 2 amide bonds. The van der Waals surface area contributed by atoms with Crippen molar-refractivity contribution in [2.75, 3.05) is 17.7 Å². The smallest absolute Gasteiger partial charge is 0.265 e. The third kappa shape index (κ3) is 4.71. The molecular weight excluding hydrogens is 360 g/mol. The number of thioether (sulfide) groups is 1. The molecule has 0 spiro atoms. The van der Waals surface area contributed by atoms with Crippen molar-refractivity contribution in [2.45, 2.75) is 19.9 Å². The Morgan fingerprint density at radius 1 is 1.04 bits per heavy atom. The molecule has 0 saturated carbocycles. The molecule has 0 radical (unpaired) electrons. The predicted molar refractivity (Wildman–Crippen MR) is 109 cm³/mol. The number of hydrogen-bond donors (Lipinski definition) is 2. The number of rotatable bonds is 5. The number of amides is 2. The van der Waals surface area contributed by atoms with Gasteiger partial charge in [-0.25, -0.2) is 0 Å². The lowest BCUT2D eigenvalue weighted by Crippen LogP contribution is -2.28. The Kier molecular flexibility index (Phi) is 6.19. The Bertz CT molecular complexity index is 865. The fourth-order valence-corrected chi connectivity index (χ4v) is 3.61. The van der Waals surface area contributed by atoms with Gasteiger partial charge in [0, 0.05) is 5.75 Å². The Morgan fingerprint density at radius 3 is 2.48 bits per heavy atom. The molecule has 27 heavy (non-hydrogen) atoms. The molecule has 1 atom stereocenters. The summed E-state index contributed by atoms with van der Waals surface area (Å²) in [6.07, 6.45) is 0. The summed E-state index contributed by atoms with van der Waals surface area (Å²) in [4.78, 5) is 25.9. The van der Waals surface area contributed by atoms with E-state index in [2.05, 4.69) is 10.6 Å². The van der Waals surface area contributed by atoms with E-state index >= 15 is 0 Å². The average Bonchev–Trinajstić information content (AvgIpc) is 2.69. The fraction of sp³-hybridized carbons (Fsp3) is 0.238. The van der Waals surface area contributed by atoms with Crippen LogP contribution in [0.1, 0.15) is 35.8 Å². The van der Waals surface area contributed by atoms with Gasteiger partial charge in [-0.3, -0.25) is 9.59 Å². The molecule has 0 aromatic heterocycles. The van der Waals surface area contributed by atoms with E-state index in [-0.39, 0.29) is 17.9 Å². The highest BCUT2D eigenvalue weighted by molar-refractivity contribution is 8.04. The Hall–Kier alpha value is -2.73. The van der Waals surface area contributed by atoms with Gasteiger partial charge in [-0.1, -0.05) is 42.5 Å². The van der Waals surface area contributed by atoms with Gasteiger partial charge in [-0.2, -0.15) is 0 Å². The van der Waals surface area contributed by atoms with Gasteiger partial charge in [0.2, 0.25) is 0 Å². The molecule has 3 rings (SSSR count). The van der Waals surface area contributed by atoms with Gasteiger partial charge in [0.15, 0.2) is 0 Å². The van der Waals surface area contributed by atoms with Crippen LogP contribution in [0, 0.1) is 0 Å². The van der Waals surface area contributed by atoms with Crippen LogP contribution in [0.15, 0.2) is 65.3 Å². The van der Waals surface area contributed by atoms with E-state index in [0.29, 0.717) is 28.5 Å². The van der Waals surface area contributed by atoms with Crippen molar-refractivity contribution in [3.05, 3.63) is 76.4 Å². The van der Waals surface area contributed by atoms with Crippen molar-refractivity contribution in [2.24, 2.45) is 0 Å². The van der Waals surface area contributed by atoms with E-state index in [9.17, 15) is 9.59 Å². The lowest BCUT2D eigenvalue weighted by molar-refractivity contribution is -0.112. The highest BCUT2D eigenvalue weighted by atomic mass is 32.2. The molecule has 1 unspecified atom stereocenters. The van der Waals surface area contributed by atoms with E-state index in [0.717, 1.165) is 11.3 Å². The SMILES string of the molecule is CC1=C(C(=O)Nc2ccccc2C(=O)NC(C)c2ccccc2)SCCO1. The molecular formula is C21H22N2O3S. The van der Waals surface area contributed by atoms with Crippen LogP contribution in [-0.2, 0) is 9.53 Å². The second-order valence-corrected chi connectivity index (χ2v) is 7.29. The maximum absolute atomic E-state index is 12.8. The van der Waals surface area contributed by atoms with Gasteiger partial charge in [0.25, 0.3) is 11.8 Å². The minimum Gasteiger partial charge on any atom is -0.496 e. The number of carbonyl (C=O) groups excluding carboxylic acids is 2. The van der Waals surface area contributed by atoms with E-state index in [4.69, 9.17) is 4.74 Å². The van der Waals surface area contributed by atoms with Crippen molar-refractivity contribution >= 4 is 29.3 Å². The highest BCUT2D eigenvalue weighted by Crippen LogP contribution is 2.27. The standard InChI is InChI=1S/C21H22N2O3S/c1-14(16-8-4-3-5-9-16)22-20(24)17-10-6-7-11-18(17)23-21(25)19-15(2)26-12-13-27-19/h3-11,14H,12-13H2,1-2H3,(H,22,24)(H,23,25). The number of ether oxygens (including phenoxy) is 1. The summed E-state index contributed by atoms with van der Waals surface area (Å²) in [5, 5.41) is 5.83. The zero-order valence-corrected chi connectivity index (χ0v) is 16.1. The lowest BCUT2D eigenvalue weighted by atomic mass is 10.1. The van der Waals surface area contributed by atoms with Crippen molar-refractivity contribution < 1.29 is 14.3 Å². The normalized spacial score (nSPS) is 14.9. The van der Waals surface area contributed by atoms with Crippen molar-refractivity contribution in [1.29, 1.82) is 0 Å². The Morgan fingerprint density at radius 2 is 1.74 bits per heavy atom. The molecule has 1 heterocycles. The van der Waals surface area contributed by atoms with Crippen molar-refractivity contribution in [1.82, 2.24) is 5.32 Å². The van der Waals surface area contributed by atoms with Gasteiger partial charge in [-0.15, -0.1) is 11.8 Å². The monoisotopic (exact) mass is 382 g/mol. The highest BCUT2D eigenvalue weighted by Gasteiger charge is 2.21. The first-order chi connectivity index (χ1) is 13.1. The molecule has 1 aliphatic rings. The molecule has 2 N–H and O–H groups in total. The third-order valence-electron chi connectivity index (χ3n) is 4.24. The van der Waals surface area contributed by atoms with Crippen LogP contribution in [0.2, 0.25) is 0 Å². The van der Waals surface area contributed by atoms with Gasteiger partial charge in [0.1, 0.15) is 10.7 Å². The summed E-state index contributed by atoms with van der Waals surface area (Å²) in [5.74, 6) is 0.856. The molecule has 0 saturated heterocycles. The maximum Gasteiger partial charge on any atom is 0.265 e. The summed E-state index contributed by atoms with van der Waals surface area (Å²) >= 11 is 1.46. The Labute approximate surface area is 163 Å². The maximum atomic E-state index is 12.8. The van der Waals surface area contributed by atoms with Crippen molar-refractivity contribution in [3.8, 4) is 0 Å². The molecule has 0 aliphatic carbocycles. The summed E-state index contributed by atoms with van der Waals surface area (Å²) < 4.78 is 5.45. The zero-order valence-electron chi connectivity index (χ0n) is 15.3. The van der Waals surface area contributed by atoms with E-state index in [1.807, 2.05) is 37.3 Å². The summed E-state index contributed by atoms with van der Waals surface area (Å²) in [7, 11) is 0. The van der Waals surface area contributed by atoms with E-state index in [1.54, 1.807) is 31.2 Å². The minimum absolute atomic E-state index is 0.144. The second-order valence-electron chi connectivity index (χ2n) is 6.19. The van der Waals surface area contributed by atoms with E-state index < -0.39 is 0 Å². The summed E-state index contributed by atoms with van der Waals surface area (Å²) in [6.45, 7) is 4.31. The third-order valence-corrected chi connectivity index (χ3v) is 5.37. The summed E-state index contributed by atoms with van der Waals surface area (Å²) in [6, 6.07) is 16.6. The predicted octanol–water partition coefficient (Wildman–Crippen LogP) is 4.11. The molecule has 140 valence electrons. The largest absolute Gasteiger partial charge is 0.496 e. The van der Waals surface area contributed by atoms with Gasteiger partial charge >= 0.3 is 0 Å². The second kappa shape index (κ2) is 8.77. The van der Waals surface area contributed by atoms with Gasteiger partial charge in [0.05, 0.1) is 23.9 Å². The summed E-state index contributed by atoms with van der Waals surface area (Å²) in [5.41, 5.74) is 1.92. The number of benzene rings is 2. The minimum atomic E-state index is -0.256.